The summed E-state index contributed by atoms with van der Waals surface area (Å²) in [5.74, 6) is 0. The molecular weight excluding hydrogens is 206 g/mol. The lowest BCUT2D eigenvalue weighted by Gasteiger charge is -2.05. The molecule has 0 N–H and O–H groups in total. The smallest absolute Gasteiger partial charge is 0.0483 e. The minimum Gasteiger partial charge on any atom is -0.343 e. The fourth-order valence-corrected chi connectivity index (χ4v) is 2.24. The van der Waals surface area contributed by atoms with Crippen molar-refractivity contribution in [1.82, 2.24) is 4.57 Å². The lowest BCUT2D eigenvalue weighted by atomic mass is 10.2. The first kappa shape index (κ1) is 10.2. The van der Waals surface area contributed by atoms with Crippen molar-refractivity contribution in [2.75, 3.05) is 0 Å². The Morgan fingerprint density at radius 1 is 0.941 bits per heavy atom. The molecule has 1 heterocycles. The summed E-state index contributed by atoms with van der Waals surface area (Å²) in [4.78, 5) is 0. The second kappa shape index (κ2) is 4.10. The van der Waals surface area contributed by atoms with E-state index in [0.29, 0.717) is 0 Å². The lowest BCUT2D eigenvalue weighted by molar-refractivity contribution is 0.837. The highest BCUT2D eigenvalue weighted by molar-refractivity contribution is 5.80. The molecule has 1 nitrogen and oxygen atoms in total. The number of fused-ring (bicyclic) bond motifs is 1. The van der Waals surface area contributed by atoms with Gasteiger partial charge in [0.2, 0.25) is 0 Å². The average molecular weight is 221 g/mol. The van der Waals surface area contributed by atoms with E-state index in [4.69, 9.17) is 0 Å². The number of benzene rings is 2. The molecule has 0 aliphatic heterocycles. The van der Waals surface area contributed by atoms with Crippen molar-refractivity contribution >= 4 is 10.9 Å². The Morgan fingerprint density at radius 2 is 1.76 bits per heavy atom. The zero-order valence-electron chi connectivity index (χ0n) is 9.93. The molecule has 0 spiro atoms. The van der Waals surface area contributed by atoms with E-state index in [0.717, 1.165) is 6.54 Å². The molecule has 84 valence electrons. The van der Waals surface area contributed by atoms with Gasteiger partial charge < -0.3 is 4.57 Å². The van der Waals surface area contributed by atoms with Gasteiger partial charge in [0.05, 0.1) is 0 Å². The summed E-state index contributed by atoms with van der Waals surface area (Å²) in [6, 6.07) is 19.4. The number of aromatic nitrogens is 1. The molecular formula is C16H15N. The predicted molar refractivity (Wildman–Crippen MR) is 72.2 cm³/mol. The van der Waals surface area contributed by atoms with Crippen molar-refractivity contribution < 1.29 is 0 Å². The summed E-state index contributed by atoms with van der Waals surface area (Å²) < 4.78 is 2.30. The minimum atomic E-state index is 0.938. The molecule has 0 saturated carbocycles. The van der Waals surface area contributed by atoms with E-state index in [-0.39, 0.29) is 0 Å². The molecule has 0 unspecified atom stereocenters. The van der Waals surface area contributed by atoms with Crippen LogP contribution >= 0.6 is 0 Å². The first-order valence-corrected chi connectivity index (χ1v) is 5.92. The number of hydrogen-bond acceptors (Lipinski definition) is 0. The first-order valence-electron chi connectivity index (χ1n) is 5.92. The fraction of sp³-hybridized carbons (Fsp3) is 0.125. The third-order valence-electron chi connectivity index (χ3n) is 3.12. The average Bonchev–Trinajstić information content (AvgIpc) is 2.73. The van der Waals surface area contributed by atoms with Crippen LogP contribution in [0.15, 0.2) is 60.8 Å². The van der Waals surface area contributed by atoms with Crippen LogP contribution in [0.3, 0.4) is 0 Å². The Labute approximate surface area is 101 Å². The van der Waals surface area contributed by atoms with Gasteiger partial charge in [0.1, 0.15) is 0 Å². The molecule has 1 aromatic heterocycles. The molecule has 1 heteroatoms. The standard InChI is InChI=1S/C16H15N/c1-13-7-8-16-15(11-13)9-10-17(16)12-14-5-3-2-4-6-14/h2-11H,12H2,1H3. The van der Waals surface area contributed by atoms with Crippen molar-refractivity contribution in [2.45, 2.75) is 13.5 Å². The van der Waals surface area contributed by atoms with Crippen LogP contribution in [0.25, 0.3) is 10.9 Å². The van der Waals surface area contributed by atoms with E-state index in [2.05, 4.69) is 72.3 Å². The SMILES string of the molecule is Cc1ccc2c(ccn2Cc2ccccc2)c1. The Hall–Kier alpha value is -2.02. The summed E-state index contributed by atoms with van der Waals surface area (Å²) in [5.41, 5.74) is 3.96. The predicted octanol–water partition coefficient (Wildman–Crippen LogP) is 4.00. The third-order valence-corrected chi connectivity index (χ3v) is 3.12. The summed E-state index contributed by atoms with van der Waals surface area (Å²) in [6.07, 6.45) is 2.16. The Morgan fingerprint density at radius 3 is 2.59 bits per heavy atom. The first-order chi connectivity index (χ1) is 8.33. The molecule has 0 aliphatic rings. The second-order valence-electron chi connectivity index (χ2n) is 4.49. The largest absolute Gasteiger partial charge is 0.343 e. The maximum Gasteiger partial charge on any atom is 0.0483 e. The van der Waals surface area contributed by atoms with Gasteiger partial charge in [-0.3, -0.25) is 0 Å². The lowest BCUT2D eigenvalue weighted by Crippen LogP contribution is -1.97. The molecule has 2 aromatic carbocycles. The van der Waals surface area contributed by atoms with Crippen molar-refractivity contribution in [3.63, 3.8) is 0 Å². The van der Waals surface area contributed by atoms with Crippen molar-refractivity contribution in [3.05, 3.63) is 71.9 Å². The van der Waals surface area contributed by atoms with Crippen LogP contribution in [0.1, 0.15) is 11.1 Å². The second-order valence-corrected chi connectivity index (χ2v) is 4.49. The van der Waals surface area contributed by atoms with Crippen LogP contribution in [0.5, 0.6) is 0 Å². The van der Waals surface area contributed by atoms with Gasteiger partial charge in [-0.15, -0.1) is 0 Å². The van der Waals surface area contributed by atoms with Gasteiger partial charge >= 0.3 is 0 Å². The Bertz CT molecular complexity index is 635. The maximum atomic E-state index is 2.30. The molecule has 0 aliphatic carbocycles. The van der Waals surface area contributed by atoms with E-state index < -0.39 is 0 Å². The molecule has 3 rings (SSSR count). The molecule has 0 saturated heterocycles. The van der Waals surface area contributed by atoms with Crippen molar-refractivity contribution in [2.24, 2.45) is 0 Å². The molecule has 3 aromatic rings. The van der Waals surface area contributed by atoms with Crippen LogP contribution in [0.4, 0.5) is 0 Å². The summed E-state index contributed by atoms with van der Waals surface area (Å²) >= 11 is 0. The van der Waals surface area contributed by atoms with Crippen LogP contribution in [0.2, 0.25) is 0 Å². The van der Waals surface area contributed by atoms with Crippen molar-refractivity contribution in [1.29, 1.82) is 0 Å². The van der Waals surface area contributed by atoms with Gasteiger partial charge in [-0.25, -0.2) is 0 Å². The van der Waals surface area contributed by atoms with E-state index in [1.165, 1.54) is 22.0 Å². The van der Waals surface area contributed by atoms with Gasteiger partial charge in [0, 0.05) is 18.3 Å². The highest BCUT2D eigenvalue weighted by Crippen LogP contribution is 2.18. The van der Waals surface area contributed by atoms with Crippen molar-refractivity contribution in [3.8, 4) is 0 Å². The normalized spacial score (nSPS) is 10.9. The molecule has 0 atom stereocenters. The molecule has 0 radical (unpaired) electrons. The summed E-state index contributed by atoms with van der Waals surface area (Å²) in [6.45, 7) is 3.07. The van der Waals surface area contributed by atoms with Gasteiger partial charge in [-0.1, -0.05) is 42.0 Å². The van der Waals surface area contributed by atoms with Gasteiger partial charge in [-0.05, 0) is 36.1 Å². The van der Waals surface area contributed by atoms with Crippen LogP contribution in [0, 0.1) is 6.92 Å². The van der Waals surface area contributed by atoms with E-state index in [9.17, 15) is 0 Å². The van der Waals surface area contributed by atoms with Crippen LogP contribution in [-0.2, 0) is 6.54 Å². The van der Waals surface area contributed by atoms with Crippen LogP contribution < -0.4 is 0 Å². The Balaban J connectivity index is 2.01. The highest BCUT2D eigenvalue weighted by atomic mass is 14.9. The topological polar surface area (TPSA) is 4.93 Å². The number of nitrogens with zero attached hydrogens (tertiary/aromatic N) is 1. The van der Waals surface area contributed by atoms with Crippen LogP contribution in [-0.4, -0.2) is 4.57 Å². The number of aryl methyl sites for hydroxylation is 1. The monoisotopic (exact) mass is 221 g/mol. The van der Waals surface area contributed by atoms with E-state index >= 15 is 0 Å². The summed E-state index contributed by atoms with van der Waals surface area (Å²) in [5, 5.41) is 1.32. The molecule has 17 heavy (non-hydrogen) atoms. The van der Waals surface area contributed by atoms with Gasteiger partial charge in [0.15, 0.2) is 0 Å². The number of rotatable bonds is 2. The highest BCUT2D eigenvalue weighted by Gasteiger charge is 2.01. The van der Waals surface area contributed by atoms with E-state index in [1.807, 2.05) is 0 Å². The summed E-state index contributed by atoms with van der Waals surface area (Å²) in [7, 11) is 0. The zero-order chi connectivity index (χ0) is 11.7. The minimum absolute atomic E-state index is 0.938. The third kappa shape index (κ3) is 1.96. The van der Waals surface area contributed by atoms with Gasteiger partial charge in [0.25, 0.3) is 0 Å². The Kier molecular flexibility index (Phi) is 2.45. The molecule has 0 fully saturated rings. The molecule has 0 bridgehead atoms. The molecule has 0 amide bonds. The fourth-order valence-electron chi connectivity index (χ4n) is 2.24. The van der Waals surface area contributed by atoms with Gasteiger partial charge in [-0.2, -0.15) is 0 Å². The number of hydrogen-bond donors (Lipinski definition) is 0. The quantitative estimate of drug-likeness (QED) is 0.616. The van der Waals surface area contributed by atoms with E-state index in [1.54, 1.807) is 0 Å². The maximum absolute atomic E-state index is 2.30. The zero-order valence-corrected chi connectivity index (χ0v) is 9.93.